The molecule has 0 radical (unpaired) electrons. The molecule has 4 nitrogen and oxygen atoms in total. The monoisotopic (exact) mass is 972 g/mol. The van der Waals surface area contributed by atoms with Crippen molar-refractivity contribution in [2.75, 3.05) is 0 Å². The van der Waals surface area contributed by atoms with Crippen LogP contribution in [0.5, 0.6) is 0 Å². The van der Waals surface area contributed by atoms with Gasteiger partial charge in [0.2, 0.25) is 0 Å². The summed E-state index contributed by atoms with van der Waals surface area (Å²) in [6.45, 7) is 6.96. The summed E-state index contributed by atoms with van der Waals surface area (Å²) < 4.78 is 15.4. The van der Waals surface area contributed by atoms with Gasteiger partial charge < -0.3 is 13.4 Å². The molecule has 0 unspecified atom stereocenters. The highest BCUT2D eigenvalue weighted by Gasteiger charge is 2.25. The van der Waals surface area contributed by atoms with Crippen LogP contribution in [-0.4, -0.2) is 10.3 Å². The highest BCUT2D eigenvalue weighted by Crippen LogP contribution is 2.48. The maximum atomic E-state index is 6.49. The van der Waals surface area contributed by atoms with E-state index in [1.807, 2.05) is 30.3 Å². The molecule has 358 valence electrons. The summed E-state index contributed by atoms with van der Waals surface area (Å²) in [7, 11) is 0. The molecule has 0 amide bonds. The molecule has 0 bridgehead atoms. The molecule has 3 aromatic heterocycles. The Morgan fingerprint density at radius 1 is 0.382 bits per heavy atom. The predicted molar refractivity (Wildman–Crippen MR) is 319 cm³/mol. The van der Waals surface area contributed by atoms with E-state index in [0.29, 0.717) is 0 Å². The van der Waals surface area contributed by atoms with Crippen LogP contribution in [0, 0.1) is 0 Å². The number of furan rings is 2. The average Bonchev–Trinajstić information content (AvgIpc) is 4.26. The molecule has 0 fully saturated rings. The number of aromatic nitrogens is 1. The molecule has 0 spiro atoms. The smallest absolute Gasteiger partial charge is 0.136 e. The number of hydrogen-bond donors (Lipinski definition) is 0. The molecule has 0 aliphatic carbocycles. The predicted octanol–water partition coefficient (Wildman–Crippen LogP) is 19.8. The van der Waals surface area contributed by atoms with Crippen molar-refractivity contribution in [1.82, 2.24) is 4.57 Å². The van der Waals surface area contributed by atoms with Crippen molar-refractivity contribution in [2.24, 2.45) is 4.99 Å². The van der Waals surface area contributed by atoms with Crippen LogP contribution in [0.3, 0.4) is 0 Å². The normalized spacial score (nSPS) is 12.2. The molecule has 0 aliphatic rings. The van der Waals surface area contributed by atoms with Gasteiger partial charge in [-0.1, -0.05) is 201 Å². The van der Waals surface area contributed by atoms with Crippen LogP contribution in [0.2, 0.25) is 0 Å². The lowest BCUT2D eigenvalue weighted by atomic mass is 9.90. The first-order valence-electron chi connectivity index (χ1n) is 25.8. The van der Waals surface area contributed by atoms with Crippen molar-refractivity contribution in [3.05, 3.63) is 284 Å². The van der Waals surface area contributed by atoms with Crippen LogP contribution in [0.15, 0.2) is 281 Å². The van der Waals surface area contributed by atoms with Crippen molar-refractivity contribution >= 4 is 82.7 Å². The number of fused-ring (bicyclic) bond motifs is 9. The topological polar surface area (TPSA) is 43.6 Å². The van der Waals surface area contributed by atoms with Crippen molar-refractivity contribution in [3.8, 4) is 50.2 Å². The van der Waals surface area contributed by atoms with E-state index in [1.165, 1.54) is 33.0 Å². The Labute approximate surface area is 440 Å². The quantitative estimate of drug-likeness (QED) is 0.101. The molecule has 0 aliphatic heterocycles. The van der Waals surface area contributed by atoms with Crippen LogP contribution in [-0.2, 0) is 0 Å². The molecule has 14 rings (SSSR count). The van der Waals surface area contributed by atoms with E-state index >= 15 is 0 Å². The van der Waals surface area contributed by atoms with Gasteiger partial charge in [-0.2, -0.15) is 0 Å². The van der Waals surface area contributed by atoms with Gasteiger partial charge in [0.15, 0.2) is 0 Å². The van der Waals surface area contributed by atoms with Gasteiger partial charge in [0, 0.05) is 54.7 Å². The zero-order chi connectivity index (χ0) is 50.7. The van der Waals surface area contributed by atoms with E-state index < -0.39 is 0 Å². The Hall–Kier alpha value is -10.0. The van der Waals surface area contributed by atoms with Gasteiger partial charge in [-0.15, -0.1) is 0 Å². The number of para-hydroxylation sites is 2. The fraction of sp³-hybridized carbons (Fsp3) is 0.0139. The van der Waals surface area contributed by atoms with Gasteiger partial charge in [0.05, 0.1) is 22.4 Å². The molecule has 0 saturated carbocycles. The molecular weight excluding hydrogens is 925 g/mol. The first kappa shape index (κ1) is 44.7. The summed E-state index contributed by atoms with van der Waals surface area (Å²) in [6.07, 6.45) is 2.13. The Balaban J connectivity index is 1.02. The second-order valence-electron chi connectivity index (χ2n) is 19.5. The van der Waals surface area contributed by atoms with E-state index in [-0.39, 0.29) is 0 Å². The van der Waals surface area contributed by atoms with Crippen LogP contribution < -0.4 is 0 Å². The highest BCUT2D eigenvalue weighted by atomic mass is 16.3. The van der Waals surface area contributed by atoms with Gasteiger partial charge in [0.1, 0.15) is 22.3 Å². The van der Waals surface area contributed by atoms with Crippen LogP contribution in [0.4, 0.5) is 0 Å². The van der Waals surface area contributed by atoms with Crippen molar-refractivity contribution < 1.29 is 8.83 Å². The third-order valence-corrected chi connectivity index (χ3v) is 14.9. The molecule has 0 atom stereocenters. The second kappa shape index (κ2) is 18.5. The first-order valence-corrected chi connectivity index (χ1v) is 25.8. The van der Waals surface area contributed by atoms with Gasteiger partial charge in [-0.05, 0) is 124 Å². The van der Waals surface area contributed by atoms with Gasteiger partial charge in [-0.25, -0.2) is 0 Å². The minimum Gasteiger partial charge on any atom is -0.456 e. The van der Waals surface area contributed by atoms with E-state index in [4.69, 9.17) is 20.4 Å². The molecule has 3 heterocycles. The summed E-state index contributed by atoms with van der Waals surface area (Å²) >= 11 is 0. The number of hydrogen-bond acceptors (Lipinski definition) is 3. The maximum Gasteiger partial charge on any atom is 0.136 e. The molecule has 4 heteroatoms. The van der Waals surface area contributed by atoms with Crippen molar-refractivity contribution in [3.63, 3.8) is 0 Å². The average molecular weight is 973 g/mol. The number of aliphatic imine (C=N–C) groups is 1. The zero-order valence-corrected chi connectivity index (χ0v) is 41.7. The number of nitrogens with zero attached hydrogens (tertiary/aromatic N) is 2. The zero-order valence-electron chi connectivity index (χ0n) is 41.7. The molecule has 11 aromatic carbocycles. The Kier molecular flexibility index (Phi) is 10.9. The van der Waals surface area contributed by atoms with E-state index in [0.717, 1.165) is 117 Å². The third kappa shape index (κ3) is 7.66. The van der Waals surface area contributed by atoms with E-state index in [1.54, 1.807) is 0 Å². The largest absolute Gasteiger partial charge is 0.456 e. The molecule has 0 N–H and O–H groups in total. The lowest BCUT2D eigenvalue weighted by Gasteiger charge is -2.21. The van der Waals surface area contributed by atoms with Crippen LogP contribution in [0.1, 0.15) is 23.6 Å². The first-order chi connectivity index (χ1) is 37.5. The minimum atomic E-state index is 0.755. The highest BCUT2D eigenvalue weighted by molar-refractivity contribution is 6.21. The number of allylic oxidation sites excluding steroid dienone is 2. The summed E-state index contributed by atoms with van der Waals surface area (Å²) in [5, 5.41) is 6.72. The molecular formula is C72H48N2O2. The van der Waals surface area contributed by atoms with Gasteiger partial charge >= 0.3 is 0 Å². The van der Waals surface area contributed by atoms with Crippen molar-refractivity contribution in [2.45, 2.75) is 6.92 Å². The van der Waals surface area contributed by atoms with Gasteiger partial charge in [0.25, 0.3) is 0 Å². The lowest BCUT2D eigenvalue weighted by Crippen LogP contribution is -2.02. The Morgan fingerprint density at radius 3 is 1.28 bits per heavy atom. The molecule has 14 aromatic rings. The summed E-state index contributed by atoms with van der Waals surface area (Å²) in [5.41, 5.74) is 20.9. The maximum absolute atomic E-state index is 6.49. The Morgan fingerprint density at radius 2 is 0.789 bits per heavy atom. The standard InChI is InChI=1S/C72H48N2O2/c1-46(41-63(53-38-40-60-58-30-16-18-36-67(58)76-69(60)45-53)73-47(2)52-37-39-59-57-29-15-17-35-66(57)75-68(59)44-52)54-42-61(50-25-11-5-12-26-50)72(62(43-54)51-27-13-6-14-28-51)74-64-33-19-31-55(48-21-7-3-8-22-48)70(64)71-56(32-20-34-65(71)74)49-23-9-4-10-24-49/h3-45H,1H2,2H3/b63-41-,73-47?. The fourth-order valence-electron chi connectivity index (χ4n) is 11.3. The van der Waals surface area contributed by atoms with Crippen LogP contribution >= 0.6 is 0 Å². The van der Waals surface area contributed by atoms with Crippen molar-refractivity contribution in [1.29, 1.82) is 0 Å². The van der Waals surface area contributed by atoms with Crippen LogP contribution in [0.25, 0.3) is 127 Å². The summed E-state index contributed by atoms with van der Waals surface area (Å²) in [5.74, 6) is 0. The molecule has 76 heavy (non-hydrogen) atoms. The van der Waals surface area contributed by atoms with Gasteiger partial charge in [-0.3, -0.25) is 4.99 Å². The number of benzene rings is 11. The molecule has 0 saturated heterocycles. The second-order valence-corrected chi connectivity index (χ2v) is 19.5. The SMILES string of the molecule is C=C(/C=C(\N=C(C)c1ccc2c(c1)oc1ccccc12)c1ccc2c(c1)oc1ccccc12)c1cc(-c2ccccc2)c(-n2c3cccc(-c4ccccc4)c3c3c(-c4ccccc4)cccc32)c(-c2ccccc2)c1. The van der Waals surface area contributed by atoms with E-state index in [9.17, 15) is 0 Å². The fourth-order valence-corrected chi connectivity index (χ4v) is 11.3. The lowest BCUT2D eigenvalue weighted by molar-refractivity contribution is 0.668. The number of rotatable bonds is 10. The Bertz CT molecular complexity index is 4470. The third-order valence-electron chi connectivity index (χ3n) is 14.9. The van der Waals surface area contributed by atoms with E-state index in [2.05, 4.69) is 242 Å². The summed E-state index contributed by atoms with van der Waals surface area (Å²) in [4.78, 5) is 5.49. The minimum absolute atomic E-state index is 0.755. The summed E-state index contributed by atoms with van der Waals surface area (Å²) in [6, 6.07) is 90.4.